The highest BCUT2D eigenvalue weighted by atomic mass is 127. The smallest absolute Gasteiger partial charge is 0.330 e. The standard InChI is InChI=1S/C17H23IN2O7/c1-4-17(2,18)7-10-12(22)13(23)15(27-10)20-8-9(5-6-11(21)26-3)14(24)19-16(20)25/h5-6,8,10,12-13,15,22-23H,4,7H2,1-3H3,(H,19,24,25)/b6-5+/t10-,12-,13-,15?,17?/m1/s1. The van der Waals surface area contributed by atoms with E-state index in [2.05, 4.69) is 32.3 Å². The predicted octanol–water partition coefficient (Wildman–Crippen LogP) is 0.336. The van der Waals surface area contributed by atoms with E-state index in [1.54, 1.807) is 0 Å². The molecule has 0 aliphatic carbocycles. The number of halogens is 1. The topological polar surface area (TPSA) is 131 Å². The van der Waals surface area contributed by atoms with E-state index in [0.29, 0.717) is 6.42 Å². The zero-order valence-corrected chi connectivity index (χ0v) is 17.4. The van der Waals surface area contributed by atoms with Gasteiger partial charge in [0, 0.05) is 15.7 Å². The van der Waals surface area contributed by atoms with Crippen molar-refractivity contribution < 1.29 is 24.5 Å². The van der Waals surface area contributed by atoms with E-state index < -0.39 is 41.8 Å². The van der Waals surface area contributed by atoms with Gasteiger partial charge in [0.15, 0.2) is 6.23 Å². The zero-order chi connectivity index (χ0) is 20.4. The van der Waals surface area contributed by atoms with Crippen molar-refractivity contribution in [3.8, 4) is 0 Å². The molecular formula is C17H23IN2O7. The van der Waals surface area contributed by atoms with Gasteiger partial charge in [0.1, 0.15) is 12.2 Å². The van der Waals surface area contributed by atoms with Gasteiger partial charge in [0.05, 0.1) is 18.8 Å². The van der Waals surface area contributed by atoms with E-state index in [4.69, 9.17) is 4.74 Å². The summed E-state index contributed by atoms with van der Waals surface area (Å²) >= 11 is 2.26. The molecule has 0 amide bonds. The van der Waals surface area contributed by atoms with Crippen LogP contribution >= 0.6 is 22.6 Å². The van der Waals surface area contributed by atoms with Crippen LogP contribution in [-0.2, 0) is 14.3 Å². The van der Waals surface area contributed by atoms with E-state index in [1.807, 2.05) is 13.8 Å². The van der Waals surface area contributed by atoms with Gasteiger partial charge >= 0.3 is 11.7 Å². The molecule has 0 aromatic carbocycles. The monoisotopic (exact) mass is 494 g/mol. The number of nitrogens with zero attached hydrogens (tertiary/aromatic N) is 1. The summed E-state index contributed by atoms with van der Waals surface area (Å²) in [6.07, 6.45) is 0.355. The summed E-state index contributed by atoms with van der Waals surface area (Å²) in [6.45, 7) is 4.01. The highest BCUT2D eigenvalue weighted by molar-refractivity contribution is 14.1. The quantitative estimate of drug-likeness (QED) is 0.225. The lowest BCUT2D eigenvalue weighted by molar-refractivity contribution is -0.134. The van der Waals surface area contributed by atoms with Crippen LogP contribution in [0.5, 0.6) is 0 Å². The van der Waals surface area contributed by atoms with Gasteiger partial charge < -0.3 is 19.7 Å². The minimum absolute atomic E-state index is 0.000952. The third-order valence-corrected chi connectivity index (χ3v) is 5.77. The molecule has 1 aromatic rings. The summed E-state index contributed by atoms with van der Waals surface area (Å²) in [5.41, 5.74) is -1.49. The maximum atomic E-state index is 12.2. The Balaban J connectivity index is 2.34. The van der Waals surface area contributed by atoms with E-state index in [9.17, 15) is 24.6 Å². The second-order valence-electron chi connectivity index (χ2n) is 6.62. The molecule has 9 nitrogen and oxygen atoms in total. The van der Waals surface area contributed by atoms with Gasteiger partial charge in [-0.1, -0.05) is 36.4 Å². The molecule has 2 unspecified atom stereocenters. The summed E-state index contributed by atoms with van der Waals surface area (Å²) in [5, 5.41) is 20.7. The van der Waals surface area contributed by atoms with Crippen LogP contribution in [0.15, 0.2) is 21.9 Å². The average molecular weight is 494 g/mol. The van der Waals surface area contributed by atoms with Crippen molar-refractivity contribution in [1.82, 2.24) is 9.55 Å². The highest BCUT2D eigenvalue weighted by Gasteiger charge is 2.45. The second kappa shape index (κ2) is 8.67. The molecule has 0 saturated carbocycles. The summed E-state index contributed by atoms with van der Waals surface area (Å²) < 4.78 is 11.1. The summed E-state index contributed by atoms with van der Waals surface area (Å²) in [5.74, 6) is -0.666. The van der Waals surface area contributed by atoms with Crippen molar-refractivity contribution in [2.75, 3.05) is 7.11 Å². The van der Waals surface area contributed by atoms with E-state index >= 15 is 0 Å². The van der Waals surface area contributed by atoms with Crippen LogP contribution in [0.4, 0.5) is 0 Å². The fraction of sp³-hybridized carbons (Fsp3) is 0.588. The number of carbonyl (C=O) groups is 1. The molecule has 150 valence electrons. The third kappa shape index (κ3) is 5.06. The number of H-pyrrole nitrogens is 1. The fourth-order valence-corrected chi connectivity index (χ4v) is 3.16. The molecule has 1 aliphatic heterocycles. The van der Waals surface area contributed by atoms with Crippen molar-refractivity contribution in [2.24, 2.45) is 0 Å². The first kappa shape index (κ1) is 21.8. The Hall–Kier alpha value is -1.50. The molecule has 10 heteroatoms. The number of rotatable bonds is 6. The number of esters is 1. The Morgan fingerprint density at radius 2 is 2.11 bits per heavy atom. The molecule has 1 aliphatic rings. The number of hydrogen-bond acceptors (Lipinski definition) is 7. The van der Waals surface area contributed by atoms with Gasteiger partial charge in [-0.05, 0) is 18.9 Å². The number of aromatic nitrogens is 2. The Morgan fingerprint density at radius 3 is 2.70 bits per heavy atom. The lowest BCUT2D eigenvalue weighted by atomic mass is 9.97. The number of nitrogens with one attached hydrogen (secondary N) is 1. The fourth-order valence-electron chi connectivity index (χ4n) is 2.73. The number of aromatic amines is 1. The number of alkyl halides is 1. The lowest BCUT2D eigenvalue weighted by Crippen LogP contribution is -2.38. The molecule has 0 radical (unpaired) electrons. The molecule has 27 heavy (non-hydrogen) atoms. The van der Waals surface area contributed by atoms with Crippen LogP contribution in [0, 0.1) is 0 Å². The molecule has 1 aromatic heterocycles. The van der Waals surface area contributed by atoms with Crippen LogP contribution in [0.2, 0.25) is 0 Å². The van der Waals surface area contributed by atoms with Crippen LogP contribution in [0.3, 0.4) is 0 Å². The number of aliphatic hydroxyl groups is 2. The van der Waals surface area contributed by atoms with E-state index in [0.717, 1.165) is 17.1 Å². The van der Waals surface area contributed by atoms with Gasteiger partial charge in [-0.25, -0.2) is 9.59 Å². The van der Waals surface area contributed by atoms with Crippen LogP contribution in [-0.4, -0.2) is 54.6 Å². The Kier molecular flexibility index (Phi) is 7.00. The van der Waals surface area contributed by atoms with Gasteiger partial charge in [-0.15, -0.1) is 0 Å². The normalized spacial score (nSPS) is 27.6. The second-order valence-corrected chi connectivity index (χ2v) is 9.23. The van der Waals surface area contributed by atoms with E-state index in [1.165, 1.54) is 19.4 Å². The van der Waals surface area contributed by atoms with Crippen LogP contribution in [0.1, 0.15) is 38.5 Å². The number of carbonyl (C=O) groups excluding carboxylic acids is 1. The number of methoxy groups -OCH3 is 1. The first-order chi connectivity index (χ1) is 12.6. The first-order valence-electron chi connectivity index (χ1n) is 8.41. The van der Waals surface area contributed by atoms with Gasteiger partial charge in [0.25, 0.3) is 5.56 Å². The van der Waals surface area contributed by atoms with Crippen LogP contribution in [0.25, 0.3) is 6.08 Å². The average Bonchev–Trinajstić information content (AvgIpc) is 2.88. The molecule has 5 atom stereocenters. The minimum atomic E-state index is -1.35. The van der Waals surface area contributed by atoms with Crippen molar-refractivity contribution in [2.45, 2.75) is 54.7 Å². The van der Waals surface area contributed by atoms with Crippen molar-refractivity contribution in [3.05, 3.63) is 38.7 Å². The molecule has 1 saturated heterocycles. The number of hydrogen-bond donors (Lipinski definition) is 3. The molecule has 0 bridgehead atoms. The van der Waals surface area contributed by atoms with E-state index in [-0.39, 0.29) is 8.99 Å². The Labute approximate surface area is 169 Å². The van der Waals surface area contributed by atoms with Gasteiger partial charge in [-0.3, -0.25) is 14.3 Å². The minimum Gasteiger partial charge on any atom is -0.466 e. The number of ether oxygens (including phenoxy) is 2. The highest BCUT2D eigenvalue weighted by Crippen LogP contribution is 2.37. The van der Waals surface area contributed by atoms with Crippen molar-refractivity contribution >= 4 is 34.6 Å². The molecule has 3 N–H and O–H groups in total. The largest absolute Gasteiger partial charge is 0.466 e. The Morgan fingerprint density at radius 1 is 1.44 bits per heavy atom. The SMILES string of the molecule is CCC(C)(I)C[C@H]1OC(n2cc(/C=C/C(=O)OC)c(=O)[nH]c2=O)[C@H](O)[C@@H]1O. The molecular weight excluding hydrogens is 471 g/mol. The van der Waals surface area contributed by atoms with Gasteiger partial charge in [0.2, 0.25) is 0 Å². The zero-order valence-electron chi connectivity index (χ0n) is 15.2. The molecule has 0 spiro atoms. The predicted molar refractivity (Wildman–Crippen MR) is 106 cm³/mol. The van der Waals surface area contributed by atoms with Gasteiger partial charge in [-0.2, -0.15) is 0 Å². The lowest BCUT2D eigenvalue weighted by Gasteiger charge is -2.25. The molecule has 2 heterocycles. The van der Waals surface area contributed by atoms with Crippen molar-refractivity contribution in [3.63, 3.8) is 0 Å². The summed E-state index contributed by atoms with van der Waals surface area (Å²) in [7, 11) is 1.19. The number of aliphatic hydroxyl groups excluding tert-OH is 2. The summed E-state index contributed by atoms with van der Waals surface area (Å²) in [4.78, 5) is 37.4. The van der Waals surface area contributed by atoms with Crippen molar-refractivity contribution in [1.29, 1.82) is 0 Å². The maximum Gasteiger partial charge on any atom is 0.330 e. The molecule has 1 fully saturated rings. The Bertz CT molecular complexity index is 829. The maximum absolute atomic E-state index is 12.2. The van der Waals surface area contributed by atoms with Crippen LogP contribution < -0.4 is 11.2 Å². The third-order valence-electron chi connectivity index (χ3n) is 4.57. The molecule has 2 rings (SSSR count). The summed E-state index contributed by atoms with van der Waals surface area (Å²) in [6, 6.07) is 0. The first-order valence-corrected chi connectivity index (χ1v) is 9.49.